The molecule has 4 heteroatoms. The van der Waals surface area contributed by atoms with E-state index >= 15 is 0 Å². The van der Waals surface area contributed by atoms with Gasteiger partial charge in [0.2, 0.25) is 0 Å². The van der Waals surface area contributed by atoms with E-state index in [1.165, 1.54) is 0 Å². The van der Waals surface area contributed by atoms with Crippen molar-refractivity contribution < 1.29 is 0 Å². The van der Waals surface area contributed by atoms with E-state index in [1.807, 2.05) is 42.2 Å². The molecule has 0 bridgehead atoms. The molecule has 0 fully saturated rings. The summed E-state index contributed by atoms with van der Waals surface area (Å²) in [6.45, 7) is 9.17. The Morgan fingerprint density at radius 2 is 2.05 bits per heavy atom. The van der Waals surface area contributed by atoms with Crippen LogP contribution in [0.4, 0.5) is 0 Å². The molecule has 0 spiro atoms. The highest BCUT2D eigenvalue weighted by Crippen LogP contribution is 2.23. The van der Waals surface area contributed by atoms with Gasteiger partial charge in [-0.05, 0) is 45.4 Å². The molecule has 1 aromatic carbocycles. The number of nitrogens with zero attached hydrogens (tertiary/aromatic N) is 2. The third kappa shape index (κ3) is 3.58. The predicted molar refractivity (Wildman–Crippen MR) is 79.9 cm³/mol. The Morgan fingerprint density at radius 3 is 2.63 bits per heavy atom. The maximum atomic E-state index is 6.33. The van der Waals surface area contributed by atoms with Gasteiger partial charge in [-0.3, -0.25) is 0 Å². The molecule has 0 saturated carbocycles. The average molecular weight is 278 g/mol. The fraction of sp³-hybridized carbons (Fsp3) is 0.400. The highest BCUT2D eigenvalue weighted by Gasteiger charge is 2.14. The molecule has 0 radical (unpaired) electrons. The lowest BCUT2D eigenvalue weighted by Gasteiger charge is -2.22. The zero-order valence-corrected chi connectivity index (χ0v) is 12.6. The van der Waals surface area contributed by atoms with Gasteiger partial charge in [0.05, 0.1) is 11.9 Å². The number of aromatic nitrogens is 2. The predicted octanol–water partition coefficient (Wildman–Crippen LogP) is 3.72. The first-order valence-corrected chi connectivity index (χ1v) is 6.79. The zero-order valence-electron chi connectivity index (χ0n) is 11.9. The summed E-state index contributed by atoms with van der Waals surface area (Å²) >= 11 is 6.33. The summed E-state index contributed by atoms with van der Waals surface area (Å²) in [6, 6.07) is 5.91. The Labute approximate surface area is 119 Å². The summed E-state index contributed by atoms with van der Waals surface area (Å²) in [6.07, 6.45) is 3.86. The van der Waals surface area contributed by atoms with E-state index in [0.717, 1.165) is 28.4 Å². The van der Waals surface area contributed by atoms with Crippen LogP contribution in [0.1, 0.15) is 31.9 Å². The normalized spacial score (nSPS) is 11.8. The van der Waals surface area contributed by atoms with Crippen molar-refractivity contribution in [1.29, 1.82) is 0 Å². The summed E-state index contributed by atoms with van der Waals surface area (Å²) in [4.78, 5) is 0. The molecule has 3 nitrogen and oxygen atoms in total. The maximum Gasteiger partial charge on any atom is 0.0705 e. The smallest absolute Gasteiger partial charge is 0.0705 e. The molecule has 102 valence electrons. The van der Waals surface area contributed by atoms with Crippen LogP contribution in [-0.2, 0) is 6.54 Å². The summed E-state index contributed by atoms with van der Waals surface area (Å²) in [5.41, 5.74) is 3.28. The van der Waals surface area contributed by atoms with Crippen LogP contribution in [0.5, 0.6) is 0 Å². The molecule has 2 aromatic rings. The van der Waals surface area contributed by atoms with Crippen LogP contribution in [0, 0.1) is 6.92 Å². The van der Waals surface area contributed by atoms with E-state index < -0.39 is 0 Å². The molecular formula is C15H20ClN3. The molecule has 19 heavy (non-hydrogen) atoms. The molecule has 0 aliphatic rings. The van der Waals surface area contributed by atoms with Gasteiger partial charge >= 0.3 is 0 Å². The molecule has 1 aromatic heterocycles. The van der Waals surface area contributed by atoms with Crippen LogP contribution in [0.3, 0.4) is 0 Å². The van der Waals surface area contributed by atoms with Crippen molar-refractivity contribution in [2.45, 2.75) is 39.8 Å². The van der Waals surface area contributed by atoms with Crippen molar-refractivity contribution in [3.63, 3.8) is 0 Å². The molecule has 0 aliphatic heterocycles. The topological polar surface area (TPSA) is 29.9 Å². The van der Waals surface area contributed by atoms with Crippen molar-refractivity contribution >= 4 is 11.6 Å². The standard InChI is InChI=1S/C15H20ClN3/c1-11-8-18-19(10-11)14-7-5-6-13(16)12(14)9-17-15(2,3)4/h5-8,10,17H,9H2,1-4H3. The van der Waals surface area contributed by atoms with E-state index in [4.69, 9.17) is 11.6 Å². The van der Waals surface area contributed by atoms with Gasteiger partial charge in [-0.15, -0.1) is 0 Å². The Kier molecular flexibility index (Phi) is 3.97. The van der Waals surface area contributed by atoms with Gasteiger partial charge in [-0.1, -0.05) is 17.7 Å². The quantitative estimate of drug-likeness (QED) is 0.927. The third-order valence-electron chi connectivity index (χ3n) is 2.85. The SMILES string of the molecule is Cc1cnn(-c2cccc(Cl)c2CNC(C)(C)C)c1. The zero-order chi connectivity index (χ0) is 14.0. The first-order chi connectivity index (χ1) is 8.87. The highest BCUT2D eigenvalue weighted by molar-refractivity contribution is 6.31. The third-order valence-corrected chi connectivity index (χ3v) is 3.20. The lowest BCUT2D eigenvalue weighted by molar-refractivity contribution is 0.424. The fourth-order valence-corrected chi connectivity index (χ4v) is 2.07. The molecule has 2 rings (SSSR count). The number of rotatable bonds is 3. The molecule has 0 saturated heterocycles. The molecule has 0 amide bonds. The van der Waals surface area contributed by atoms with Crippen molar-refractivity contribution in [3.05, 3.63) is 46.7 Å². The maximum absolute atomic E-state index is 6.33. The van der Waals surface area contributed by atoms with E-state index in [9.17, 15) is 0 Å². The number of halogens is 1. The lowest BCUT2D eigenvalue weighted by atomic mass is 10.1. The van der Waals surface area contributed by atoms with Gasteiger partial charge < -0.3 is 5.32 Å². The van der Waals surface area contributed by atoms with Gasteiger partial charge in [-0.2, -0.15) is 5.10 Å². The Bertz CT molecular complexity index is 567. The highest BCUT2D eigenvalue weighted by atomic mass is 35.5. The summed E-state index contributed by atoms with van der Waals surface area (Å²) in [5.74, 6) is 0. The van der Waals surface area contributed by atoms with E-state index in [2.05, 4.69) is 31.2 Å². The van der Waals surface area contributed by atoms with E-state index in [-0.39, 0.29) is 5.54 Å². The second-order valence-electron chi connectivity index (χ2n) is 5.80. The van der Waals surface area contributed by atoms with Crippen molar-refractivity contribution in [2.24, 2.45) is 0 Å². The van der Waals surface area contributed by atoms with E-state index in [1.54, 1.807) is 0 Å². The summed E-state index contributed by atoms with van der Waals surface area (Å²) < 4.78 is 1.88. The van der Waals surface area contributed by atoms with Crippen LogP contribution in [-0.4, -0.2) is 15.3 Å². The molecule has 1 N–H and O–H groups in total. The second-order valence-corrected chi connectivity index (χ2v) is 6.21. The van der Waals surface area contributed by atoms with E-state index in [0.29, 0.717) is 0 Å². The number of hydrogen-bond donors (Lipinski definition) is 1. The minimum absolute atomic E-state index is 0.0521. The second kappa shape index (κ2) is 5.35. The number of nitrogens with one attached hydrogen (secondary N) is 1. The summed E-state index contributed by atoms with van der Waals surface area (Å²) in [5, 5.41) is 8.60. The summed E-state index contributed by atoms with van der Waals surface area (Å²) in [7, 11) is 0. The molecule has 0 atom stereocenters. The van der Waals surface area contributed by atoms with Crippen LogP contribution in [0.2, 0.25) is 5.02 Å². The van der Waals surface area contributed by atoms with Crippen LogP contribution in [0.15, 0.2) is 30.6 Å². The van der Waals surface area contributed by atoms with Gasteiger partial charge in [0.25, 0.3) is 0 Å². The average Bonchev–Trinajstić information content (AvgIpc) is 2.72. The van der Waals surface area contributed by atoms with Crippen LogP contribution >= 0.6 is 11.6 Å². The van der Waals surface area contributed by atoms with Crippen molar-refractivity contribution in [1.82, 2.24) is 15.1 Å². The number of aryl methyl sites for hydroxylation is 1. The minimum Gasteiger partial charge on any atom is -0.308 e. The molecular weight excluding hydrogens is 258 g/mol. The van der Waals surface area contributed by atoms with Gasteiger partial charge in [-0.25, -0.2) is 4.68 Å². The van der Waals surface area contributed by atoms with Crippen molar-refractivity contribution in [3.8, 4) is 5.69 Å². The molecule has 0 aliphatic carbocycles. The monoisotopic (exact) mass is 277 g/mol. The number of benzene rings is 1. The van der Waals surface area contributed by atoms with Crippen LogP contribution < -0.4 is 5.32 Å². The Hall–Kier alpha value is -1.32. The fourth-order valence-electron chi connectivity index (χ4n) is 1.84. The largest absolute Gasteiger partial charge is 0.308 e. The molecule has 1 heterocycles. The number of hydrogen-bond acceptors (Lipinski definition) is 2. The Morgan fingerprint density at radius 1 is 1.32 bits per heavy atom. The first-order valence-electron chi connectivity index (χ1n) is 6.41. The van der Waals surface area contributed by atoms with Gasteiger partial charge in [0, 0.05) is 28.9 Å². The lowest BCUT2D eigenvalue weighted by Crippen LogP contribution is -2.35. The van der Waals surface area contributed by atoms with Crippen LogP contribution in [0.25, 0.3) is 5.69 Å². The molecule has 0 unspecified atom stereocenters. The minimum atomic E-state index is 0.0521. The van der Waals surface area contributed by atoms with Gasteiger partial charge in [0.15, 0.2) is 0 Å². The van der Waals surface area contributed by atoms with Crippen molar-refractivity contribution in [2.75, 3.05) is 0 Å². The first kappa shape index (κ1) is 14.1. The Balaban J connectivity index is 2.36. The van der Waals surface area contributed by atoms with Gasteiger partial charge in [0.1, 0.15) is 0 Å².